The molecule has 0 unspecified atom stereocenters. The molecule has 0 heterocycles. The van der Waals surface area contributed by atoms with E-state index in [1.165, 1.54) is 23.3 Å². The van der Waals surface area contributed by atoms with Crippen LogP contribution in [0.25, 0.3) is 0 Å². The quantitative estimate of drug-likeness (QED) is 0.657. The summed E-state index contributed by atoms with van der Waals surface area (Å²) in [6.07, 6.45) is 6.89. The van der Waals surface area contributed by atoms with Gasteiger partial charge in [-0.15, -0.1) is 11.8 Å². The maximum atomic E-state index is 13.2. The first-order chi connectivity index (χ1) is 11.1. The van der Waals surface area contributed by atoms with Crippen LogP contribution >= 0.6 is 11.8 Å². The van der Waals surface area contributed by atoms with E-state index in [0.29, 0.717) is 22.9 Å². The minimum absolute atomic E-state index is 0.190. The molecular formula is C21H28OS. The molecule has 23 heavy (non-hydrogen) atoms. The molecule has 0 aromatic heterocycles. The third-order valence-electron chi connectivity index (χ3n) is 5.60. The first-order valence-corrected chi connectivity index (χ1v) is 9.90. The minimum Gasteiger partial charge on any atom is -0.299 e. The lowest BCUT2D eigenvalue weighted by Gasteiger charge is -2.43. The molecule has 0 radical (unpaired) electrons. The molecule has 124 valence electrons. The Morgan fingerprint density at radius 3 is 2.57 bits per heavy atom. The molecule has 0 spiro atoms. The molecule has 1 saturated carbocycles. The van der Waals surface area contributed by atoms with E-state index in [2.05, 4.69) is 57.2 Å². The van der Waals surface area contributed by atoms with E-state index in [1.807, 2.05) is 11.8 Å². The van der Waals surface area contributed by atoms with Crippen molar-refractivity contribution in [3.63, 3.8) is 0 Å². The smallest absolute Gasteiger partial charge is 0.140 e. The molecule has 0 N–H and O–H groups in total. The SMILES string of the molecule is CC(C)[C@@H]1CC/C2=C/CC[C@H](C)C(=O)[C@@H]1[C@@H]2Sc1ccccc1. The number of hydrogen-bond donors (Lipinski definition) is 0. The number of fused-ring (bicyclic) bond motifs is 2. The van der Waals surface area contributed by atoms with E-state index in [-0.39, 0.29) is 11.8 Å². The van der Waals surface area contributed by atoms with Gasteiger partial charge in [0.25, 0.3) is 0 Å². The van der Waals surface area contributed by atoms with E-state index in [4.69, 9.17) is 0 Å². The van der Waals surface area contributed by atoms with Gasteiger partial charge in [-0.3, -0.25) is 4.79 Å². The zero-order chi connectivity index (χ0) is 16.4. The Morgan fingerprint density at radius 1 is 1.13 bits per heavy atom. The monoisotopic (exact) mass is 328 g/mol. The fourth-order valence-corrected chi connectivity index (χ4v) is 5.68. The van der Waals surface area contributed by atoms with Crippen molar-refractivity contribution in [3.8, 4) is 0 Å². The van der Waals surface area contributed by atoms with Crippen LogP contribution in [0.4, 0.5) is 0 Å². The molecule has 1 nitrogen and oxygen atoms in total. The van der Waals surface area contributed by atoms with Crippen LogP contribution in [0.5, 0.6) is 0 Å². The lowest BCUT2D eigenvalue weighted by molar-refractivity contribution is -0.129. The fourth-order valence-electron chi connectivity index (χ4n) is 4.22. The zero-order valence-electron chi connectivity index (χ0n) is 14.5. The van der Waals surface area contributed by atoms with Gasteiger partial charge in [0, 0.05) is 22.0 Å². The van der Waals surface area contributed by atoms with Crippen molar-refractivity contribution in [2.45, 2.75) is 56.6 Å². The summed E-state index contributed by atoms with van der Waals surface area (Å²) in [4.78, 5) is 14.5. The molecule has 4 atom stereocenters. The number of rotatable bonds is 3. The second kappa shape index (κ2) is 7.25. The van der Waals surface area contributed by atoms with Crippen molar-refractivity contribution in [3.05, 3.63) is 42.0 Å². The normalized spacial score (nSPS) is 33.7. The zero-order valence-corrected chi connectivity index (χ0v) is 15.3. The highest BCUT2D eigenvalue weighted by Crippen LogP contribution is 2.48. The predicted molar refractivity (Wildman–Crippen MR) is 98.6 cm³/mol. The maximum Gasteiger partial charge on any atom is 0.140 e. The fraction of sp³-hybridized carbons (Fsp3) is 0.571. The van der Waals surface area contributed by atoms with E-state index in [9.17, 15) is 4.79 Å². The van der Waals surface area contributed by atoms with Crippen LogP contribution in [0, 0.1) is 23.7 Å². The summed E-state index contributed by atoms with van der Waals surface area (Å²) < 4.78 is 0. The predicted octanol–water partition coefficient (Wildman–Crippen LogP) is 5.75. The Labute approximate surface area is 144 Å². The minimum atomic E-state index is 0.190. The highest BCUT2D eigenvalue weighted by molar-refractivity contribution is 8.00. The average molecular weight is 329 g/mol. The largest absolute Gasteiger partial charge is 0.299 e. The van der Waals surface area contributed by atoms with Crippen LogP contribution < -0.4 is 0 Å². The van der Waals surface area contributed by atoms with Crippen molar-refractivity contribution < 1.29 is 4.79 Å². The summed E-state index contributed by atoms with van der Waals surface area (Å²) >= 11 is 1.92. The highest BCUT2D eigenvalue weighted by atomic mass is 32.2. The number of ketones is 1. The number of Topliss-reactive ketones (excluding diaryl/α,β-unsaturated/α-hetero) is 1. The second-order valence-electron chi connectivity index (χ2n) is 7.48. The first kappa shape index (κ1) is 16.8. The van der Waals surface area contributed by atoms with E-state index >= 15 is 0 Å². The Kier molecular flexibility index (Phi) is 5.31. The molecule has 0 amide bonds. The van der Waals surface area contributed by atoms with Crippen LogP contribution in [0.1, 0.15) is 46.5 Å². The molecule has 2 aliphatic carbocycles. The van der Waals surface area contributed by atoms with Crippen LogP contribution in [-0.2, 0) is 4.79 Å². The van der Waals surface area contributed by atoms with Crippen molar-refractivity contribution >= 4 is 17.5 Å². The van der Waals surface area contributed by atoms with Gasteiger partial charge in [0.1, 0.15) is 5.78 Å². The Bertz CT molecular complexity index is 575. The molecule has 1 aromatic carbocycles. The first-order valence-electron chi connectivity index (χ1n) is 9.02. The summed E-state index contributed by atoms with van der Waals surface area (Å²) in [5.41, 5.74) is 1.53. The molecule has 1 aromatic rings. The number of hydrogen-bond acceptors (Lipinski definition) is 2. The third kappa shape index (κ3) is 3.57. The molecule has 1 fully saturated rings. The summed E-state index contributed by atoms with van der Waals surface area (Å²) in [7, 11) is 0. The summed E-state index contributed by atoms with van der Waals surface area (Å²) in [5, 5.41) is 0.341. The van der Waals surface area contributed by atoms with Crippen molar-refractivity contribution in [2.24, 2.45) is 23.7 Å². The lowest BCUT2D eigenvalue weighted by Crippen LogP contribution is -2.43. The van der Waals surface area contributed by atoms with Gasteiger partial charge in [0.15, 0.2) is 0 Å². The van der Waals surface area contributed by atoms with Gasteiger partial charge >= 0.3 is 0 Å². The Hall–Kier alpha value is -1.02. The van der Waals surface area contributed by atoms with Gasteiger partial charge in [0.2, 0.25) is 0 Å². The molecule has 0 aliphatic heterocycles. The Morgan fingerprint density at radius 2 is 1.87 bits per heavy atom. The van der Waals surface area contributed by atoms with E-state index in [1.54, 1.807) is 0 Å². The number of thioether (sulfide) groups is 1. The topological polar surface area (TPSA) is 17.1 Å². The average Bonchev–Trinajstić information content (AvgIpc) is 2.55. The highest BCUT2D eigenvalue weighted by Gasteiger charge is 2.44. The van der Waals surface area contributed by atoms with Gasteiger partial charge in [0.05, 0.1) is 0 Å². The van der Waals surface area contributed by atoms with E-state index in [0.717, 1.165) is 12.8 Å². The number of allylic oxidation sites excluding steroid dienone is 1. The number of carbonyl (C=O) groups excluding carboxylic acids is 1. The van der Waals surface area contributed by atoms with Crippen LogP contribution in [0.15, 0.2) is 46.9 Å². The molecule has 2 heteroatoms. The molecule has 3 rings (SSSR count). The van der Waals surface area contributed by atoms with Gasteiger partial charge in [-0.25, -0.2) is 0 Å². The molecule has 0 saturated heterocycles. The van der Waals surface area contributed by atoms with Crippen molar-refractivity contribution in [2.75, 3.05) is 0 Å². The van der Waals surface area contributed by atoms with Gasteiger partial charge in [-0.1, -0.05) is 50.6 Å². The standard InChI is InChI=1S/C21H28OS/c1-14(2)18-13-12-16-9-7-8-15(3)20(22)19(18)21(16)23-17-10-5-4-6-11-17/h4-6,9-11,14-15,18-19,21H,7-8,12-13H2,1-3H3/b16-9-/t15-,18-,19+,21+/m0/s1. The summed E-state index contributed by atoms with van der Waals surface area (Å²) in [5.74, 6) is 2.02. The lowest BCUT2D eigenvalue weighted by atomic mass is 9.66. The summed E-state index contributed by atoms with van der Waals surface area (Å²) in [6.45, 7) is 6.72. The van der Waals surface area contributed by atoms with Gasteiger partial charge in [-0.05, 0) is 49.7 Å². The molecular weight excluding hydrogens is 300 g/mol. The number of carbonyl (C=O) groups is 1. The maximum absolute atomic E-state index is 13.2. The van der Waals surface area contributed by atoms with Crippen molar-refractivity contribution in [1.29, 1.82) is 0 Å². The number of benzene rings is 1. The van der Waals surface area contributed by atoms with E-state index < -0.39 is 0 Å². The van der Waals surface area contributed by atoms with Gasteiger partial charge < -0.3 is 0 Å². The van der Waals surface area contributed by atoms with Gasteiger partial charge in [-0.2, -0.15) is 0 Å². The van der Waals surface area contributed by atoms with Crippen LogP contribution in [0.2, 0.25) is 0 Å². The molecule has 2 aliphatic rings. The van der Waals surface area contributed by atoms with Crippen LogP contribution in [0.3, 0.4) is 0 Å². The third-order valence-corrected chi connectivity index (χ3v) is 7.00. The van der Waals surface area contributed by atoms with Crippen LogP contribution in [-0.4, -0.2) is 11.0 Å². The Balaban J connectivity index is 1.97. The second-order valence-corrected chi connectivity index (χ2v) is 8.70. The van der Waals surface area contributed by atoms with Crippen molar-refractivity contribution in [1.82, 2.24) is 0 Å². The molecule has 2 bridgehead atoms. The summed E-state index contributed by atoms with van der Waals surface area (Å²) in [6, 6.07) is 10.6.